The van der Waals surface area contributed by atoms with Crippen molar-refractivity contribution in [3.8, 4) is 0 Å². The number of aliphatic hydroxyl groups is 1. The highest BCUT2D eigenvalue weighted by Crippen LogP contribution is 2.12. The highest BCUT2D eigenvalue weighted by Gasteiger charge is 2.20. The maximum atomic E-state index is 9.97. The van der Waals surface area contributed by atoms with Crippen LogP contribution in [0.3, 0.4) is 0 Å². The lowest BCUT2D eigenvalue weighted by Gasteiger charge is -2.25. The zero-order chi connectivity index (χ0) is 11.1. The van der Waals surface area contributed by atoms with Gasteiger partial charge in [-0.15, -0.1) is 0 Å². The van der Waals surface area contributed by atoms with Gasteiger partial charge < -0.3 is 14.9 Å². The molecule has 0 bridgehead atoms. The summed E-state index contributed by atoms with van der Waals surface area (Å²) < 4.78 is 4.62. The number of nitrogens with zero attached hydrogens (tertiary/aromatic N) is 2. The van der Waals surface area contributed by atoms with Gasteiger partial charge in [-0.05, 0) is 12.8 Å². The average Bonchev–Trinajstić information content (AvgIpc) is 2.77. The van der Waals surface area contributed by atoms with Gasteiger partial charge in [0.05, 0.1) is 5.60 Å². The molecule has 2 N–H and O–H groups in total. The number of nitrogens with one attached hydrogen (secondary N) is 1. The first kappa shape index (κ1) is 12.1. The van der Waals surface area contributed by atoms with Crippen LogP contribution in [0.4, 0.5) is 0 Å². The molecule has 1 aromatic heterocycles. The summed E-state index contributed by atoms with van der Waals surface area (Å²) in [5, 5.41) is 16.9. The summed E-state index contributed by atoms with van der Waals surface area (Å²) in [6.45, 7) is 5.34. The van der Waals surface area contributed by atoms with E-state index in [-0.39, 0.29) is 0 Å². The van der Waals surface area contributed by atoms with Crippen LogP contribution in [0, 0.1) is 0 Å². The van der Waals surface area contributed by atoms with Crippen molar-refractivity contribution in [2.75, 3.05) is 13.1 Å². The topological polar surface area (TPSA) is 71.2 Å². The Hall–Kier alpha value is -0.940. The van der Waals surface area contributed by atoms with E-state index in [1.54, 1.807) is 0 Å². The van der Waals surface area contributed by atoms with Gasteiger partial charge >= 0.3 is 0 Å². The van der Waals surface area contributed by atoms with Crippen molar-refractivity contribution in [1.29, 1.82) is 0 Å². The van der Waals surface area contributed by atoms with E-state index >= 15 is 0 Å². The molecule has 5 heteroatoms. The highest BCUT2D eigenvalue weighted by atomic mass is 16.5. The Bertz CT molecular complexity index is 258. The van der Waals surface area contributed by atoms with Gasteiger partial charge in [0.2, 0.25) is 6.39 Å². The minimum atomic E-state index is -0.586. The molecule has 0 unspecified atom stereocenters. The molecule has 0 spiro atoms. The van der Waals surface area contributed by atoms with Gasteiger partial charge in [-0.25, -0.2) is 0 Å². The van der Waals surface area contributed by atoms with Crippen molar-refractivity contribution in [2.45, 2.75) is 38.7 Å². The molecule has 0 radical (unpaired) electrons. The molecule has 0 aliphatic rings. The molecule has 0 aromatic carbocycles. The fourth-order valence-electron chi connectivity index (χ4n) is 1.32. The van der Waals surface area contributed by atoms with Crippen LogP contribution in [0.5, 0.6) is 0 Å². The first-order valence-electron chi connectivity index (χ1n) is 5.38. The number of hydrogen-bond acceptors (Lipinski definition) is 5. The zero-order valence-electron chi connectivity index (χ0n) is 9.36. The third kappa shape index (κ3) is 3.97. The van der Waals surface area contributed by atoms with Crippen molar-refractivity contribution in [1.82, 2.24) is 15.5 Å². The molecule has 0 saturated heterocycles. The molecular weight excluding hydrogens is 194 g/mol. The molecular formula is C10H19N3O2. The second kappa shape index (κ2) is 5.82. The predicted octanol–water partition coefficient (Wildman–Crippen LogP) is 0.753. The number of rotatable bonds is 7. The van der Waals surface area contributed by atoms with E-state index in [0.717, 1.165) is 25.8 Å². The summed E-state index contributed by atoms with van der Waals surface area (Å²) in [7, 11) is 0. The van der Waals surface area contributed by atoms with E-state index in [1.807, 2.05) is 13.8 Å². The fraction of sp³-hybridized carbons (Fsp3) is 0.800. The van der Waals surface area contributed by atoms with Gasteiger partial charge in [0.1, 0.15) is 0 Å². The minimum Gasteiger partial charge on any atom is -0.389 e. The van der Waals surface area contributed by atoms with Gasteiger partial charge in [0.15, 0.2) is 5.82 Å². The van der Waals surface area contributed by atoms with E-state index in [1.165, 1.54) is 6.39 Å². The Labute approximate surface area is 89.9 Å². The quantitative estimate of drug-likeness (QED) is 0.654. The Balaban J connectivity index is 2.16. The van der Waals surface area contributed by atoms with E-state index < -0.39 is 5.60 Å². The van der Waals surface area contributed by atoms with Gasteiger partial charge in [-0.1, -0.05) is 19.0 Å². The summed E-state index contributed by atoms with van der Waals surface area (Å²) >= 11 is 0. The lowest BCUT2D eigenvalue weighted by molar-refractivity contribution is 0.0328. The molecule has 0 aliphatic carbocycles. The third-order valence-electron chi connectivity index (χ3n) is 2.70. The minimum absolute atomic E-state index is 0.586. The van der Waals surface area contributed by atoms with Crippen LogP contribution in [0.25, 0.3) is 0 Å². The van der Waals surface area contributed by atoms with Crippen molar-refractivity contribution in [2.24, 2.45) is 0 Å². The summed E-state index contributed by atoms with van der Waals surface area (Å²) in [5.74, 6) is 0.694. The molecule has 1 aromatic rings. The van der Waals surface area contributed by atoms with Crippen LogP contribution in [0.15, 0.2) is 10.9 Å². The normalized spacial score (nSPS) is 11.9. The van der Waals surface area contributed by atoms with Gasteiger partial charge in [0.25, 0.3) is 0 Å². The molecule has 1 heterocycles. The zero-order valence-corrected chi connectivity index (χ0v) is 9.36. The van der Waals surface area contributed by atoms with Crippen LogP contribution < -0.4 is 5.32 Å². The Kier molecular flexibility index (Phi) is 4.71. The molecule has 1 rings (SSSR count). The standard InChI is InChI=1S/C10H19N3O2/c1-3-10(14,4-2)7-11-6-5-9-12-8-15-13-9/h8,11,14H,3-7H2,1-2H3. The maximum Gasteiger partial charge on any atom is 0.213 e. The molecule has 0 saturated carbocycles. The molecule has 0 fully saturated rings. The summed E-state index contributed by atoms with van der Waals surface area (Å²) in [5.41, 5.74) is -0.586. The van der Waals surface area contributed by atoms with E-state index in [0.29, 0.717) is 12.4 Å². The van der Waals surface area contributed by atoms with Gasteiger partial charge in [-0.2, -0.15) is 4.98 Å². The van der Waals surface area contributed by atoms with Crippen LogP contribution in [0.2, 0.25) is 0 Å². The lowest BCUT2D eigenvalue weighted by atomic mass is 9.98. The van der Waals surface area contributed by atoms with Crippen LogP contribution in [0.1, 0.15) is 32.5 Å². The lowest BCUT2D eigenvalue weighted by Crippen LogP contribution is -2.40. The smallest absolute Gasteiger partial charge is 0.213 e. The van der Waals surface area contributed by atoms with Crippen molar-refractivity contribution < 1.29 is 9.63 Å². The molecule has 0 aliphatic heterocycles. The second-order valence-electron chi connectivity index (χ2n) is 3.71. The largest absolute Gasteiger partial charge is 0.389 e. The molecule has 86 valence electrons. The molecule has 15 heavy (non-hydrogen) atoms. The number of hydrogen-bond donors (Lipinski definition) is 2. The molecule has 0 amide bonds. The third-order valence-corrected chi connectivity index (χ3v) is 2.70. The first-order valence-corrected chi connectivity index (χ1v) is 5.38. The van der Waals surface area contributed by atoms with Crippen molar-refractivity contribution >= 4 is 0 Å². The number of aromatic nitrogens is 2. The Morgan fingerprint density at radius 2 is 2.20 bits per heavy atom. The van der Waals surface area contributed by atoms with E-state index in [2.05, 4.69) is 20.0 Å². The Morgan fingerprint density at radius 1 is 1.47 bits per heavy atom. The Morgan fingerprint density at radius 3 is 2.73 bits per heavy atom. The van der Waals surface area contributed by atoms with Gasteiger partial charge in [-0.3, -0.25) is 0 Å². The maximum absolute atomic E-state index is 9.97. The molecule has 5 nitrogen and oxygen atoms in total. The predicted molar refractivity (Wildman–Crippen MR) is 56.4 cm³/mol. The average molecular weight is 213 g/mol. The second-order valence-corrected chi connectivity index (χ2v) is 3.71. The summed E-state index contributed by atoms with van der Waals surface area (Å²) in [6.07, 6.45) is 3.57. The highest BCUT2D eigenvalue weighted by molar-refractivity contribution is 4.81. The monoisotopic (exact) mass is 213 g/mol. The summed E-state index contributed by atoms with van der Waals surface area (Å²) in [6, 6.07) is 0. The van der Waals surface area contributed by atoms with Crippen LogP contribution in [-0.2, 0) is 6.42 Å². The SMILES string of the molecule is CCC(O)(CC)CNCCc1ncon1. The van der Waals surface area contributed by atoms with Crippen LogP contribution in [-0.4, -0.2) is 33.9 Å². The van der Waals surface area contributed by atoms with E-state index in [9.17, 15) is 5.11 Å². The van der Waals surface area contributed by atoms with Crippen molar-refractivity contribution in [3.05, 3.63) is 12.2 Å². The van der Waals surface area contributed by atoms with E-state index in [4.69, 9.17) is 0 Å². The van der Waals surface area contributed by atoms with Crippen LogP contribution >= 0.6 is 0 Å². The van der Waals surface area contributed by atoms with Crippen molar-refractivity contribution in [3.63, 3.8) is 0 Å². The molecule has 0 atom stereocenters. The fourth-order valence-corrected chi connectivity index (χ4v) is 1.32. The summed E-state index contributed by atoms with van der Waals surface area (Å²) in [4.78, 5) is 3.91. The first-order chi connectivity index (χ1) is 7.20. The van der Waals surface area contributed by atoms with Gasteiger partial charge in [0, 0.05) is 19.5 Å².